The number of nitrogens with zero attached hydrogens (tertiary/aromatic N) is 11. The zero-order valence-corrected chi connectivity index (χ0v) is 36.4. The first-order valence-corrected chi connectivity index (χ1v) is 22.1. The molecule has 0 aliphatic carbocycles. The van der Waals surface area contributed by atoms with Crippen LogP contribution in [-0.4, -0.2) is 108 Å². The number of anilines is 6. The molecule has 0 amide bonds. The Kier molecular flexibility index (Phi) is 15.9. The second-order valence-corrected chi connectivity index (χ2v) is 16.3. The molecule has 0 aliphatic heterocycles. The first kappa shape index (κ1) is 45.4. The fourth-order valence-electron chi connectivity index (χ4n) is 5.52. The number of thioether (sulfide) groups is 1. The molecule has 3 aromatic heterocycles. The van der Waals surface area contributed by atoms with Crippen LogP contribution in [0.5, 0.6) is 11.5 Å². The van der Waals surface area contributed by atoms with Gasteiger partial charge in [-0.1, -0.05) is 34.4 Å². The Labute approximate surface area is 357 Å². The van der Waals surface area contributed by atoms with E-state index in [1.54, 1.807) is 25.3 Å². The summed E-state index contributed by atoms with van der Waals surface area (Å²) in [4.78, 5) is 48.8. The number of aromatic nitrogens is 5. The Hall–Kier alpha value is -5.73. The lowest BCUT2D eigenvalue weighted by atomic mass is 10.2. The number of aldehydes is 2. The van der Waals surface area contributed by atoms with Gasteiger partial charge in [0, 0.05) is 44.1 Å². The summed E-state index contributed by atoms with van der Waals surface area (Å²) in [6, 6.07) is 6.89. The fourth-order valence-corrected chi connectivity index (χ4v) is 8.25. The Balaban J connectivity index is 1.64. The lowest BCUT2D eigenvalue weighted by molar-refractivity contribution is 0.111. The molecule has 0 unspecified atom stereocenters. The van der Waals surface area contributed by atoms with Crippen LogP contribution >= 0.6 is 34.4 Å². The van der Waals surface area contributed by atoms with E-state index in [1.165, 1.54) is 25.1 Å². The van der Waals surface area contributed by atoms with Crippen LogP contribution in [-0.2, 0) is 10.1 Å². The number of benzene rings is 2. The van der Waals surface area contributed by atoms with E-state index in [0.29, 0.717) is 82.9 Å². The quantitative estimate of drug-likeness (QED) is 0.0223. The van der Waals surface area contributed by atoms with Crippen molar-refractivity contribution in [2.45, 2.75) is 37.9 Å². The fraction of sp³-hybridized carbons (Fsp3) is 0.343. The van der Waals surface area contributed by atoms with Gasteiger partial charge in [0.05, 0.1) is 54.7 Å². The maximum absolute atomic E-state index is 11.8. The Morgan fingerprint density at radius 3 is 1.72 bits per heavy atom. The Morgan fingerprint density at radius 1 is 0.767 bits per heavy atom. The van der Waals surface area contributed by atoms with Crippen LogP contribution in [0.2, 0.25) is 0 Å². The van der Waals surface area contributed by atoms with E-state index in [-0.39, 0.29) is 56.5 Å². The first-order chi connectivity index (χ1) is 28.9. The van der Waals surface area contributed by atoms with E-state index >= 15 is 0 Å². The number of thiazole rings is 2. The average Bonchev–Trinajstić information content (AvgIpc) is 3.90. The highest BCUT2D eigenvalue weighted by Gasteiger charge is 2.23. The molecular formula is C35H41N13O8S4. The van der Waals surface area contributed by atoms with Gasteiger partial charge in [0.2, 0.25) is 27.2 Å². The Morgan fingerprint density at radius 2 is 1.30 bits per heavy atom. The number of ether oxygens (including phenoxy) is 2. The Bertz CT molecular complexity index is 2470. The SMILES string of the molecule is CCN(CC)c1cc(Nc2nc(Nc3cc(N(CC)CC)c(OC)cc3/N=N/c3nc(S(=O)(=O)O)c(C=O)s3)nc(SCCO)n2)c(/N=N/c2ncc(C=O)s2)cc1OC. The highest BCUT2D eigenvalue weighted by Crippen LogP contribution is 2.43. The first-order valence-electron chi connectivity index (χ1n) is 18.1. The molecule has 2 aromatic carbocycles. The van der Waals surface area contributed by atoms with Gasteiger partial charge in [-0.25, -0.2) is 9.97 Å². The minimum absolute atomic E-state index is 0.0519. The van der Waals surface area contributed by atoms with Crippen LogP contribution < -0.4 is 29.9 Å². The van der Waals surface area contributed by atoms with Gasteiger partial charge in [-0.2, -0.15) is 23.4 Å². The third kappa shape index (κ3) is 11.1. The molecule has 5 aromatic rings. The molecule has 0 aliphatic rings. The number of aliphatic hydroxyl groups is 1. The predicted octanol–water partition coefficient (Wildman–Crippen LogP) is 7.77. The summed E-state index contributed by atoms with van der Waals surface area (Å²) in [6.45, 7) is 10.4. The summed E-state index contributed by atoms with van der Waals surface area (Å²) in [5.41, 5.74) is 2.73. The van der Waals surface area contributed by atoms with E-state index < -0.39 is 15.1 Å². The number of hydrogen-bond donors (Lipinski definition) is 4. The molecule has 0 radical (unpaired) electrons. The number of methoxy groups -OCH3 is 2. The van der Waals surface area contributed by atoms with Crippen LogP contribution in [0.1, 0.15) is 47.0 Å². The number of hydrogen-bond acceptors (Lipinski definition) is 23. The average molecular weight is 900 g/mol. The normalized spacial score (nSPS) is 11.6. The number of carbonyl (C=O) groups excluding carboxylic acids is 2. The van der Waals surface area contributed by atoms with Crippen LogP contribution in [0.15, 0.2) is 61.1 Å². The van der Waals surface area contributed by atoms with Crippen molar-refractivity contribution in [2.24, 2.45) is 20.5 Å². The summed E-state index contributed by atoms with van der Waals surface area (Å²) in [7, 11) is -1.76. The van der Waals surface area contributed by atoms with E-state index in [4.69, 9.17) is 9.47 Å². The van der Waals surface area contributed by atoms with E-state index in [9.17, 15) is 27.7 Å². The number of carbonyl (C=O) groups is 2. The van der Waals surface area contributed by atoms with E-state index in [2.05, 4.69) is 60.9 Å². The number of azo groups is 2. The van der Waals surface area contributed by atoms with E-state index in [1.807, 2.05) is 38.7 Å². The van der Waals surface area contributed by atoms with Gasteiger partial charge in [-0.15, -0.1) is 20.5 Å². The highest BCUT2D eigenvalue weighted by atomic mass is 32.2. The van der Waals surface area contributed by atoms with Crippen LogP contribution in [0.3, 0.4) is 0 Å². The second-order valence-electron chi connectivity index (χ2n) is 11.8. The summed E-state index contributed by atoms with van der Waals surface area (Å²) < 4.78 is 44.7. The molecule has 60 heavy (non-hydrogen) atoms. The molecule has 21 nitrogen and oxygen atoms in total. The zero-order chi connectivity index (χ0) is 43.4. The molecule has 0 saturated heterocycles. The van der Waals surface area contributed by atoms with Crippen LogP contribution in [0, 0.1) is 0 Å². The third-order valence-electron chi connectivity index (χ3n) is 8.31. The zero-order valence-electron chi connectivity index (χ0n) is 33.2. The third-order valence-corrected chi connectivity index (χ3v) is 11.7. The maximum atomic E-state index is 11.8. The molecule has 318 valence electrons. The van der Waals surface area contributed by atoms with Gasteiger partial charge in [0.1, 0.15) is 27.8 Å². The van der Waals surface area contributed by atoms with Crippen molar-refractivity contribution in [3.8, 4) is 11.5 Å². The molecule has 0 saturated carbocycles. The second kappa shape index (κ2) is 21.0. The van der Waals surface area contributed by atoms with Crippen LogP contribution in [0.4, 0.5) is 56.3 Å². The molecule has 0 spiro atoms. The van der Waals surface area contributed by atoms with Crippen molar-refractivity contribution in [3.63, 3.8) is 0 Å². The standard InChI is InChI=1S/C35H41N13O8S4/c1-7-47(8-2)25-13-21(23(15-27(25)55-5)43-45-33-36-17-20(18-50)58-33)37-31-40-32(42-34(41-31)57-12-11-49)38-22-14-26(48(9-3)10-4)28(56-6)16-24(22)44-46-35-39-30(60(52,53)54)29(19-51)59-35/h13-19,49H,7-12H2,1-6H3,(H,52,53,54)(H2,37,38,40,41,42)/b45-43+,46-44+. The number of aliphatic hydroxyl groups excluding tert-OH is 1. The molecule has 3 heterocycles. The molecular weight excluding hydrogens is 859 g/mol. The van der Waals surface area contributed by atoms with Crippen LogP contribution in [0.25, 0.3) is 0 Å². The minimum atomic E-state index is -4.81. The molecule has 0 bridgehead atoms. The topological polar surface area (TPSA) is 272 Å². The summed E-state index contributed by atoms with van der Waals surface area (Å²) in [5.74, 6) is 1.37. The van der Waals surface area contributed by atoms with Gasteiger partial charge in [0.15, 0.2) is 17.7 Å². The van der Waals surface area contributed by atoms with Crippen molar-refractivity contribution in [1.82, 2.24) is 24.9 Å². The monoisotopic (exact) mass is 899 g/mol. The van der Waals surface area contributed by atoms with Crippen molar-refractivity contribution in [1.29, 1.82) is 0 Å². The molecule has 25 heteroatoms. The molecule has 0 atom stereocenters. The maximum Gasteiger partial charge on any atom is 0.313 e. The smallest absolute Gasteiger partial charge is 0.313 e. The lowest BCUT2D eigenvalue weighted by Crippen LogP contribution is -2.22. The van der Waals surface area contributed by atoms with E-state index in [0.717, 1.165) is 17.0 Å². The number of nitrogens with one attached hydrogen (secondary N) is 2. The molecule has 0 fully saturated rings. The van der Waals surface area contributed by atoms with Gasteiger partial charge in [-0.05, 0) is 39.8 Å². The summed E-state index contributed by atoms with van der Waals surface area (Å²) >= 11 is 2.87. The molecule has 5 rings (SSSR count). The van der Waals surface area contributed by atoms with Gasteiger partial charge >= 0.3 is 10.1 Å². The predicted molar refractivity (Wildman–Crippen MR) is 230 cm³/mol. The van der Waals surface area contributed by atoms with Crippen molar-refractivity contribution in [2.75, 3.05) is 73.2 Å². The number of rotatable bonds is 22. The highest BCUT2D eigenvalue weighted by molar-refractivity contribution is 7.99. The van der Waals surface area contributed by atoms with Gasteiger partial charge < -0.3 is 35.0 Å². The lowest BCUT2D eigenvalue weighted by Gasteiger charge is -2.25. The van der Waals surface area contributed by atoms with Crippen molar-refractivity contribution < 1.29 is 37.1 Å². The minimum Gasteiger partial charge on any atom is -0.494 e. The van der Waals surface area contributed by atoms with Crippen molar-refractivity contribution in [3.05, 3.63) is 40.2 Å². The summed E-state index contributed by atoms with van der Waals surface area (Å²) in [5, 5.41) is 32.7. The van der Waals surface area contributed by atoms with Gasteiger partial charge in [-0.3, -0.25) is 14.1 Å². The van der Waals surface area contributed by atoms with Gasteiger partial charge in [0.25, 0.3) is 0 Å². The largest absolute Gasteiger partial charge is 0.494 e. The molecule has 4 N–H and O–H groups in total. The summed E-state index contributed by atoms with van der Waals surface area (Å²) in [6.07, 6.45) is 2.34. The van der Waals surface area contributed by atoms with Crippen molar-refractivity contribution >= 4 is 113 Å².